The maximum atomic E-state index is 12.9. The summed E-state index contributed by atoms with van der Waals surface area (Å²) in [5, 5.41) is 8.11. The second-order valence-corrected chi connectivity index (χ2v) is 5.98. The summed E-state index contributed by atoms with van der Waals surface area (Å²) in [5.74, 6) is -1.40. The van der Waals surface area contributed by atoms with E-state index in [1.165, 1.54) is 19.4 Å². The van der Waals surface area contributed by atoms with Crippen molar-refractivity contribution < 1.29 is 22.8 Å². The molecule has 8 nitrogen and oxygen atoms in total. The highest BCUT2D eigenvalue weighted by Crippen LogP contribution is 2.25. The summed E-state index contributed by atoms with van der Waals surface area (Å²) in [6.07, 6.45) is -0.184. The zero-order chi connectivity index (χ0) is 20.3. The number of hydrogen-bond donors (Lipinski definition) is 2. The Morgan fingerprint density at radius 3 is 2.57 bits per heavy atom. The summed E-state index contributed by atoms with van der Waals surface area (Å²) >= 11 is 0. The number of aromatic nitrogens is 3. The van der Waals surface area contributed by atoms with E-state index < -0.39 is 30.0 Å². The van der Waals surface area contributed by atoms with Crippen molar-refractivity contribution in [2.24, 2.45) is 7.05 Å². The van der Waals surface area contributed by atoms with E-state index in [1.807, 2.05) is 30.3 Å². The molecule has 146 valence electrons. The van der Waals surface area contributed by atoms with Crippen LogP contribution in [-0.4, -0.2) is 26.6 Å². The van der Waals surface area contributed by atoms with Gasteiger partial charge < -0.3 is 15.1 Å². The molecule has 0 saturated heterocycles. The number of alkyl halides is 2. The fourth-order valence-electron chi connectivity index (χ4n) is 2.49. The molecule has 0 bridgehead atoms. The number of benzene rings is 1. The first-order valence-corrected chi connectivity index (χ1v) is 8.30. The number of anilines is 1. The maximum Gasteiger partial charge on any atom is 0.313 e. The first-order chi connectivity index (χ1) is 13.3. The van der Waals surface area contributed by atoms with Crippen molar-refractivity contribution in [3.8, 4) is 11.3 Å². The van der Waals surface area contributed by atoms with E-state index in [0.29, 0.717) is 5.76 Å². The molecule has 0 saturated carbocycles. The molecule has 2 aromatic heterocycles. The molecule has 2 heterocycles. The smallest absolute Gasteiger partial charge is 0.313 e. The normalized spacial score (nSPS) is 12.0. The largest absolute Gasteiger partial charge is 0.438 e. The molecule has 1 unspecified atom stereocenters. The van der Waals surface area contributed by atoms with Gasteiger partial charge in [0.1, 0.15) is 6.04 Å². The zero-order valence-electron chi connectivity index (χ0n) is 15.0. The summed E-state index contributed by atoms with van der Waals surface area (Å²) < 4.78 is 32.6. The highest BCUT2D eigenvalue weighted by molar-refractivity contribution is 6.39. The van der Waals surface area contributed by atoms with E-state index in [2.05, 4.69) is 20.7 Å². The van der Waals surface area contributed by atoms with Crippen LogP contribution in [0.15, 0.2) is 47.1 Å². The molecular weight excluding hydrogens is 372 g/mol. The molecule has 0 spiro atoms. The Morgan fingerprint density at radius 2 is 1.89 bits per heavy atom. The van der Waals surface area contributed by atoms with E-state index in [-0.39, 0.29) is 11.6 Å². The molecular formula is C18H17F2N5O3. The average Bonchev–Trinajstić information content (AvgIpc) is 3.29. The van der Waals surface area contributed by atoms with Crippen LogP contribution < -0.4 is 10.6 Å². The lowest BCUT2D eigenvalue weighted by atomic mass is 10.2. The van der Waals surface area contributed by atoms with E-state index in [9.17, 15) is 18.4 Å². The van der Waals surface area contributed by atoms with E-state index in [1.54, 1.807) is 6.92 Å². The molecule has 2 amide bonds. The van der Waals surface area contributed by atoms with Crippen LogP contribution in [0.2, 0.25) is 0 Å². The summed E-state index contributed by atoms with van der Waals surface area (Å²) in [6, 6.07) is 8.53. The Morgan fingerprint density at radius 1 is 1.18 bits per heavy atom. The van der Waals surface area contributed by atoms with E-state index in [0.717, 1.165) is 10.2 Å². The monoisotopic (exact) mass is 389 g/mol. The molecule has 0 aliphatic rings. The summed E-state index contributed by atoms with van der Waals surface area (Å²) in [7, 11) is 1.43. The van der Waals surface area contributed by atoms with Crippen molar-refractivity contribution in [2.45, 2.75) is 19.4 Å². The molecule has 0 radical (unpaired) electrons. The lowest BCUT2D eigenvalue weighted by Crippen LogP contribution is -2.37. The standard InChI is InChI=1S/C18H17F2N5O3/c1-10(18-21-8-13(28-18)11-6-4-3-5-7-11)22-16(26)17(27)23-12-9-25(2)24-14(12)15(19)20/h3-10,15H,1-2H3,(H,22,26)(H,23,27). The number of aryl methyl sites for hydroxylation is 1. The minimum atomic E-state index is -2.89. The van der Waals surface area contributed by atoms with Crippen molar-refractivity contribution in [1.82, 2.24) is 20.1 Å². The van der Waals surface area contributed by atoms with Gasteiger partial charge in [0.25, 0.3) is 6.43 Å². The van der Waals surface area contributed by atoms with Crippen molar-refractivity contribution in [3.63, 3.8) is 0 Å². The van der Waals surface area contributed by atoms with Gasteiger partial charge in [-0.3, -0.25) is 14.3 Å². The maximum absolute atomic E-state index is 12.9. The average molecular weight is 389 g/mol. The highest BCUT2D eigenvalue weighted by Gasteiger charge is 2.24. The highest BCUT2D eigenvalue weighted by atomic mass is 19.3. The summed E-state index contributed by atoms with van der Waals surface area (Å²) in [5.41, 5.74) is -0.0293. The van der Waals surface area contributed by atoms with Gasteiger partial charge in [0, 0.05) is 18.8 Å². The number of amides is 2. The molecule has 10 heteroatoms. The van der Waals surface area contributed by atoms with Crippen LogP contribution in [0.3, 0.4) is 0 Å². The lowest BCUT2D eigenvalue weighted by Gasteiger charge is -2.10. The minimum Gasteiger partial charge on any atom is -0.438 e. The van der Waals surface area contributed by atoms with Gasteiger partial charge in [-0.05, 0) is 6.92 Å². The van der Waals surface area contributed by atoms with Crippen LogP contribution in [0.1, 0.15) is 31.0 Å². The van der Waals surface area contributed by atoms with E-state index in [4.69, 9.17) is 4.42 Å². The van der Waals surface area contributed by atoms with Gasteiger partial charge in [0.05, 0.1) is 11.9 Å². The Balaban J connectivity index is 1.64. The third kappa shape index (κ3) is 4.22. The fraction of sp³-hybridized carbons (Fsp3) is 0.222. The van der Waals surface area contributed by atoms with Gasteiger partial charge in [-0.1, -0.05) is 30.3 Å². The molecule has 1 atom stereocenters. The molecule has 28 heavy (non-hydrogen) atoms. The SMILES string of the molecule is CC(NC(=O)C(=O)Nc1cn(C)nc1C(F)F)c1ncc(-c2ccccc2)o1. The van der Waals surface area contributed by atoms with Gasteiger partial charge in [-0.25, -0.2) is 13.8 Å². The van der Waals surface area contributed by atoms with Crippen molar-refractivity contribution in [2.75, 3.05) is 5.32 Å². The number of nitrogens with zero attached hydrogens (tertiary/aromatic N) is 3. The zero-order valence-corrected chi connectivity index (χ0v) is 15.0. The van der Waals surface area contributed by atoms with Crippen LogP contribution in [0.25, 0.3) is 11.3 Å². The van der Waals surface area contributed by atoms with Crippen LogP contribution in [0, 0.1) is 0 Å². The summed E-state index contributed by atoms with van der Waals surface area (Å²) in [4.78, 5) is 28.2. The van der Waals surface area contributed by atoms with Crippen molar-refractivity contribution in [3.05, 3.63) is 54.3 Å². The summed E-state index contributed by atoms with van der Waals surface area (Å²) in [6.45, 7) is 1.58. The lowest BCUT2D eigenvalue weighted by molar-refractivity contribution is -0.136. The number of rotatable bonds is 5. The Hall–Kier alpha value is -3.56. The molecule has 0 aliphatic heterocycles. The number of nitrogens with one attached hydrogen (secondary N) is 2. The minimum absolute atomic E-state index is 0.203. The third-order valence-corrected chi connectivity index (χ3v) is 3.82. The third-order valence-electron chi connectivity index (χ3n) is 3.82. The van der Waals surface area contributed by atoms with Crippen LogP contribution in [0.5, 0.6) is 0 Å². The number of halogens is 2. The second-order valence-electron chi connectivity index (χ2n) is 5.98. The fourth-order valence-corrected chi connectivity index (χ4v) is 2.49. The molecule has 3 rings (SSSR count). The molecule has 1 aromatic carbocycles. The number of oxazole rings is 1. The van der Waals surface area contributed by atoms with Crippen LogP contribution in [-0.2, 0) is 16.6 Å². The molecule has 0 aliphatic carbocycles. The van der Waals surface area contributed by atoms with Crippen molar-refractivity contribution >= 4 is 17.5 Å². The number of carbonyl (C=O) groups excluding carboxylic acids is 2. The molecule has 0 fully saturated rings. The second kappa shape index (κ2) is 7.99. The predicted molar refractivity (Wildman–Crippen MR) is 95.3 cm³/mol. The first kappa shape index (κ1) is 19.2. The first-order valence-electron chi connectivity index (χ1n) is 8.30. The topological polar surface area (TPSA) is 102 Å². The van der Waals surface area contributed by atoms with Gasteiger partial charge >= 0.3 is 11.8 Å². The number of hydrogen-bond acceptors (Lipinski definition) is 5. The van der Waals surface area contributed by atoms with Crippen LogP contribution >= 0.6 is 0 Å². The Labute approximate surface area is 158 Å². The molecule has 2 N–H and O–H groups in total. The number of carbonyl (C=O) groups is 2. The molecule has 3 aromatic rings. The van der Waals surface area contributed by atoms with Gasteiger partial charge in [0.2, 0.25) is 5.89 Å². The predicted octanol–water partition coefficient (Wildman–Crippen LogP) is 2.83. The van der Waals surface area contributed by atoms with Gasteiger partial charge in [-0.15, -0.1) is 0 Å². The quantitative estimate of drug-likeness (QED) is 0.654. The van der Waals surface area contributed by atoms with Gasteiger partial charge in [0.15, 0.2) is 11.5 Å². The van der Waals surface area contributed by atoms with Crippen LogP contribution in [0.4, 0.5) is 14.5 Å². The van der Waals surface area contributed by atoms with Gasteiger partial charge in [-0.2, -0.15) is 5.10 Å². The van der Waals surface area contributed by atoms with Crippen molar-refractivity contribution in [1.29, 1.82) is 0 Å². The van der Waals surface area contributed by atoms with E-state index >= 15 is 0 Å². The Bertz CT molecular complexity index is 984. The Kier molecular flexibility index (Phi) is 5.48.